The van der Waals surface area contributed by atoms with Gasteiger partial charge in [0.1, 0.15) is 0 Å². The van der Waals surface area contributed by atoms with Crippen molar-refractivity contribution in [1.82, 2.24) is 24.5 Å². The molecule has 202 valence electrons. The molecule has 0 unspecified atom stereocenters. The zero-order valence-electron chi connectivity index (χ0n) is 22.0. The SMILES string of the molecule is CC(C)Cc1nc2c(cnn2C[C@@H](C)CO)c(-c2ccc3c(cnn3Cc3ccc(F)c(F)c3)c2)c1C(N)=O. The first-order chi connectivity index (χ1) is 18.7. The molecule has 0 aliphatic heterocycles. The molecule has 3 aromatic heterocycles. The van der Waals surface area contributed by atoms with E-state index in [1.54, 1.807) is 21.8 Å². The van der Waals surface area contributed by atoms with Gasteiger partial charge in [-0.15, -0.1) is 0 Å². The summed E-state index contributed by atoms with van der Waals surface area (Å²) < 4.78 is 30.6. The fourth-order valence-electron chi connectivity index (χ4n) is 4.90. The molecular weight excluding hydrogens is 502 g/mol. The number of hydrogen-bond acceptors (Lipinski definition) is 5. The highest BCUT2D eigenvalue weighted by molar-refractivity contribution is 6.09. The van der Waals surface area contributed by atoms with Gasteiger partial charge in [0.05, 0.1) is 35.7 Å². The van der Waals surface area contributed by atoms with Crippen molar-refractivity contribution < 1.29 is 18.7 Å². The Balaban J connectivity index is 1.66. The third-order valence-corrected chi connectivity index (χ3v) is 6.75. The number of fused-ring (bicyclic) bond motifs is 2. The van der Waals surface area contributed by atoms with Gasteiger partial charge < -0.3 is 10.8 Å². The number of pyridine rings is 1. The zero-order valence-corrected chi connectivity index (χ0v) is 22.0. The number of nitrogens with zero attached hydrogens (tertiary/aromatic N) is 5. The minimum Gasteiger partial charge on any atom is -0.396 e. The maximum atomic E-state index is 13.7. The molecule has 0 bridgehead atoms. The van der Waals surface area contributed by atoms with E-state index in [1.807, 2.05) is 25.1 Å². The monoisotopic (exact) mass is 532 g/mol. The van der Waals surface area contributed by atoms with Crippen molar-refractivity contribution in [2.75, 3.05) is 6.61 Å². The van der Waals surface area contributed by atoms with Crippen molar-refractivity contribution in [3.63, 3.8) is 0 Å². The molecular formula is C29H30F2N6O2. The van der Waals surface area contributed by atoms with Gasteiger partial charge in [-0.2, -0.15) is 10.2 Å². The van der Waals surface area contributed by atoms with Gasteiger partial charge in [-0.05, 0) is 53.6 Å². The molecule has 1 amide bonds. The summed E-state index contributed by atoms with van der Waals surface area (Å²) in [4.78, 5) is 17.7. The number of aliphatic hydroxyl groups is 1. The number of aliphatic hydroxyl groups excluding tert-OH is 1. The lowest BCUT2D eigenvalue weighted by Gasteiger charge is -2.16. The minimum atomic E-state index is -0.905. The molecule has 5 rings (SSSR count). The van der Waals surface area contributed by atoms with Gasteiger partial charge in [0.25, 0.3) is 5.91 Å². The molecule has 0 radical (unpaired) electrons. The van der Waals surface area contributed by atoms with Crippen LogP contribution in [0.25, 0.3) is 33.1 Å². The highest BCUT2D eigenvalue weighted by Crippen LogP contribution is 2.35. The van der Waals surface area contributed by atoms with Gasteiger partial charge in [0.15, 0.2) is 17.3 Å². The van der Waals surface area contributed by atoms with Crippen LogP contribution in [-0.4, -0.2) is 42.2 Å². The van der Waals surface area contributed by atoms with Gasteiger partial charge in [-0.25, -0.2) is 18.4 Å². The number of rotatable bonds is 9. The van der Waals surface area contributed by atoms with Crippen molar-refractivity contribution in [3.05, 3.63) is 77.2 Å². The molecule has 3 heterocycles. The first kappa shape index (κ1) is 26.4. The maximum absolute atomic E-state index is 13.7. The summed E-state index contributed by atoms with van der Waals surface area (Å²) in [5, 5.41) is 20.1. The predicted octanol–water partition coefficient (Wildman–Crippen LogP) is 4.70. The van der Waals surface area contributed by atoms with Crippen LogP contribution in [0.15, 0.2) is 48.8 Å². The van der Waals surface area contributed by atoms with Crippen LogP contribution in [0.3, 0.4) is 0 Å². The summed E-state index contributed by atoms with van der Waals surface area (Å²) in [6.45, 7) is 6.77. The second-order valence-corrected chi connectivity index (χ2v) is 10.4. The maximum Gasteiger partial charge on any atom is 0.251 e. The van der Waals surface area contributed by atoms with Crippen LogP contribution in [0.5, 0.6) is 0 Å². The molecule has 0 spiro atoms. The van der Waals surface area contributed by atoms with Crippen molar-refractivity contribution in [2.45, 2.75) is 40.3 Å². The fraction of sp³-hybridized carbons (Fsp3) is 0.310. The number of benzene rings is 2. The molecule has 39 heavy (non-hydrogen) atoms. The van der Waals surface area contributed by atoms with Crippen LogP contribution in [0.2, 0.25) is 0 Å². The number of carbonyl (C=O) groups excluding carboxylic acids is 1. The van der Waals surface area contributed by atoms with Crippen molar-refractivity contribution in [2.24, 2.45) is 17.6 Å². The average molecular weight is 533 g/mol. The molecule has 5 aromatic rings. The molecule has 0 aliphatic carbocycles. The van der Waals surface area contributed by atoms with Crippen LogP contribution in [0, 0.1) is 23.5 Å². The van der Waals surface area contributed by atoms with Crippen LogP contribution in [-0.2, 0) is 19.5 Å². The highest BCUT2D eigenvalue weighted by Gasteiger charge is 2.24. The molecule has 0 fully saturated rings. The Bertz CT molecular complexity index is 1690. The number of nitrogens with two attached hydrogens (primary N) is 1. The fourth-order valence-corrected chi connectivity index (χ4v) is 4.90. The first-order valence-electron chi connectivity index (χ1n) is 12.8. The Morgan fingerprint density at radius 1 is 1.03 bits per heavy atom. The normalized spacial score (nSPS) is 12.6. The van der Waals surface area contributed by atoms with E-state index in [0.717, 1.165) is 28.6 Å². The molecule has 2 aromatic carbocycles. The summed E-state index contributed by atoms with van der Waals surface area (Å²) in [6.07, 6.45) is 3.93. The van der Waals surface area contributed by atoms with Gasteiger partial charge in [-0.1, -0.05) is 32.9 Å². The minimum absolute atomic E-state index is 0.0116. The second-order valence-electron chi connectivity index (χ2n) is 10.4. The van der Waals surface area contributed by atoms with E-state index >= 15 is 0 Å². The predicted molar refractivity (Wildman–Crippen MR) is 145 cm³/mol. The summed E-state index contributed by atoms with van der Waals surface area (Å²) in [6, 6.07) is 9.49. The first-order valence-corrected chi connectivity index (χ1v) is 12.8. The van der Waals surface area contributed by atoms with Gasteiger partial charge in [-0.3, -0.25) is 9.48 Å². The third-order valence-electron chi connectivity index (χ3n) is 6.75. The topological polar surface area (TPSA) is 112 Å². The van der Waals surface area contributed by atoms with Gasteiger partial charge >= 0.3 is 0 Å². The smallest absolute Gasteiger partial charge is 0.251 e. The quantitative estimate of drug-likeness (QED) is 0.286. The number of carbonyl (C=O) groups is 1. The molecule has 0 aliphatic rings. The van der Waals surface area contributed by atoms with Crippen molar-refractivity contribution in [3.8, 4) is 11.1 Å². The number of aromatic nitrogens is 5. The Morgan fingerprint density at radius 2 is 1.79 bits per heavy atom. The molecule has 1 atom stereocenters. The van der Waals surface area contributed by atoms with E-state index in [-0.39, 0.29) is 25.0 Å². The molecule has 8 nitrogen and oxygen atoms in total. The lowest BCUT2D eigenvalue weighted by Crippen LogP contribution is -2.19. The Kier molecular flexibility index (Phi) is 7.14. The lowest BCUT2D eigenvalue weighted by atomic mass is 9.92. The largest absolute Gasteiger partial charge is 0.396 e. The van der Waals surface area contributed by atoms with Crippen molar-refractivity contribution in [1.29, 1.82) is 0 Å². The van der Waals surface area contributed by atoms with Crippen LogP contribution >= 0.6 is 0 Å². The van der Waals surface area contributed by atoms with E-state index in [2.05, 4.69) is 24.0 Å². The summed E-state index contributed by atoms with van der Waals surface area (Å²) in [5.41, 5.74) is 10.3. The Labute approximate surface area is 224 Å². The standard InChI is InChI=1S/C29H30F2N6O2/c1-16(2)8-24-27(28(32)39)26(21-12-34-37(29(21)35-24)13-17(3)15-38)19-5-7-25-20(10-19)11-33-36(25)14-18-4-6-22(30)23(31)9-18/h4-7,9-12,16-17,38H,8,13-15H2,1-3H3,(H2,32,39)/t17-/m1/s1. The number of amides is 1. The third kappa shape index (κ3) is 5.12. The van der Waals surface area contributed by atoms with E-state index in [1.165, 1.54) is 6.07 Å². The van der Waals surface area contributed by atoms with Crippen LogP contribution in [0.1, 0.15) is 42.4 Å². The van der Waals surface area contributed by atoms with Gasteiger partial charge in [0.2, 0.25) is 0 Å². The highest BCUT2D eigenvalue weighted by atomic mass is 19.2. The number of primary amides is 1. The van der Waals surface area contributed by atoms with Gasteiger partial charge in [0, 0.05) is 29.5 Å². The summed E-state index contributed by atoms with van der Waals surface area (Å²) in [7, 11) is 0. The Hall–Kier alpha value is -4.18. The van der Waals surface area contributed by atoms with E-state index < -0.39 is 17.5 Å². The van der Waals surface area contributed by atoms with Crippen LogP contribution in [0.4, 0.5) is 8.78 Å². The number of halogens is 2. The van der Waals surface area contributed by atoms with Crippen LogP contribution < -0.4 is 5.73 Å². The second kappa shape index (κ2) is 10.5. The molecule has 3 N–H and O–H groups in total. The Morgan fingerprint density at radius 3 is 2.49 bits per heavy atom. The van der Waals surface area contributed by atoms with E-state index in [9.17, 15) is 18.7 Å². The summed E-state index contributed by atoms with van der Waals surface area (Å²) in [5.74, 6) is -2.17. The van der Waals surface area contributed by atoms with E-state index in [4.69, 9.17) is 10.7 Å². The van der Waals surface area contributed by atoms with Crippen molar-refractivity contribution >= 4 is 27.8 Å². The molecule has 0 saturated heterocycles. The molecule has 0 saturated carbocycles. The van der Waals surface area contributed by atoms with E-state index in [0.29, 0.717) is 46.4 Å². The molecule has 10 heteroatoms. The average Bonchev–Trinajstić information content (AvgIpc) is 3.48. The zero-order chi connectivity index (χ0) is 27.8. The lowest BCUT2D eigenvalue weighted by molar-refractivity contribution is 0.0999. The number of hydrogen-bond donors (Lipinski definition) is 2. The summed E-state index contributed by atoms with van der Waals surface area (Å²) >= 11 is 0.